The lowest BCUT2D eigenvalue weighted by Gasteiger charge is -2.35. The number of ether oxygens (including phenoxy) is 1. The number of halogens is 2. The van der Waals surface area contributed by atoms with Crippen molar-refractivity contribution < 1.29 is 19.4 Å². The molecule has 0 bridgehead atoms. The number of nitrogens with zero attached hydrogens (tertiary/aromatic N) is 3. The number of anilines is 1. The molecule has 0 unspecified atom stereocenters. The summed E-state index contributed by atoms with van der Waals surface area (Å²) in [5.74, 6) is -0.356. The third kappa shape index (κ3) is 6.10. The van der Waals surface area contributed by atoms with Gasteiger partial charge in [-0.25, -0.2) is 4.79 Å². The summed E-state index contributed by atoms with van der Waals surface area (Å²) >= 11 is 12.4. The van der Waals surface area contributed by atoms with E-state index in [4.69, 9.17) is 27.9 Å². The molecule has 0 aliphatic carbocycles. The third-order valence-electron chi connectivity index (χ3n) is 8.22. The molecule has 2 heterocycles. The Hall–Kier alpha value is -3.56. The first kappa shape index (κ1) is 30.9. The van der Waals surface area contributed by atoms with Crippen LogP contribution in [0.25, 0.3) is 22.0 Å². The molecule has 8 nitrogen and oxygen atoms in total. The number of rotatable bonds is 5. The van der Waals surface area contributed by atoms with E-state index < -0.39 is 12.1 Å². The highest BCUT2D eigenvalue weighted by Gasteiger charge is 2.34. The Bertz CT molecular complexity index is 1660. The number of carbonyl (C=O) groups excluding carboxylic acids is 2. The van der Waals surface area contributed by atoms with Gasteiger partial charge in [0.25, 0.3) is 5.91 Å². The van der Waals surface area contributed by atoms with Crippen molar-refractivity contribution in [3.05, 3.63) is 88.0 Å². The minimum absolute atomic E-state index is 0.167. The predicted molar refractivity (Wildman–Crippen MR) is 172 cm³/mol. The fourth-order valence-corrected chi connectivity index (χ4v) is 6.04. The molecule has 3 atom stereocenters. The molecule has 226 valence electrons. The molecule has 1 aromatic heterocycles. The van der Waals surface area contributed by atoms with Crippen molar-refractivity contribution in [2.45, 2.75) is 32.6 Å². The van der Waals surface area contributed by atoms with Gasteiger partial charge >= 0.3 is 6.03 Å². The highest BCUT2D eigenvalue weighted by atomic mass is 35.5. The van der Waals surface area contributed by atoms with Crippen molar-refractivity contribution in [2.75, 3.05) is 32.1 Å². The summed E-state index contributed by atoms with van der Waals surface area (Å²) < 4.78 is 8.53. The van der Waals surface area contributed by atoms with Crippen LogP contribution in [0.4, 0.5) is 10.5 Å². The van der Waals surface area contributed by atoms with Gasteiger partial charge in [-0.3, -0.25) is 4.79 Å². The van der Waals surface area contributed by atoms with Gasteiger partial charge < -0.3 is 29.5 Å². The van der Waals surface area contributed by atoms with Crippen LogP contribution in [0.15, 0.2) is 66.7 Å². The lowest BCUT2D eigenvalue weighted by molar-refractivity contribution is -0.0179. The second-order valence-electron chi connectivity index (χ2n) is 11.2. The van der Waals surface area contributed by atoms with E-state index in [0.717, 1.165) is 27.6 Å². The second kappa shape index (κ2) is 13.0. The van der Waals surface area contributed by atoms with Gasteiger partial charge in [0.1, 0.15) is 5.69 Å². The zero-order valence-corrected chi connectivity index (χ0v) is 26.2. The lowest BCUT2D eigenvalue weighted by atomic mass is 9.96. The van der Waals surface area contributed by atoms with Crippen molar-refractivity contribution in [1.29, 1.82) is 0 Å². The molecule has 0 saturated heterocycles. The average molecular weight is 624 g/mol. The number of fused-ring (bicyclic) bond motifs is 5. The molecule has 0 fully saturated rings. The van der Waals surface area contributed by atoms with Crippen LogP contribution in [0.5, 0.6) is 0 Å². The standard InChI is InChI=1S/C33H36Cl2N4O4/c1-20-16-39(21(2)18-40)32(41)31-29(24-12-7-8-15-27(24)38(31)4)23-11-6-5-10-22(23)19-43-28(20)17-37(3)33(42)36-26-14-9-13-25(34)30(26)35/h5-15,20-21,28,40H,16-19H2,1-4H3,(H,36,42)/t20-,21-,28+/m1/s1. The van der Waals surface area contributed by atoms with Crippen LogP contribution in [0.3, 0.4) is 0 Å². The summed E-state index contributed by atoms with van der Waals surface area (Å²) in [6.07, 6.45) is -0.433. The average Bonchev–Trinajstić information content (AvgIpc) is 3.30. The molecule has 2 N–H and O–H groups in total. The summed E-state index contributed by atoms with van der Waals surface area (Å²) in [6, 6.07) is 20.2. The minimum Gasteiger partial charge on any atom is -0.394 e. The molecule has 4 aromatic rings. The van der Waals surface area contributed by atoms with Gasteiger partial charge in [0.15, 0.2) is 0 Å². The van der Waals surface area contributed by atoms with Gasteiger partial charge in [-0.2, -0.15) is 0 Å². The van der Waals surface area contributed by atoms with E-state index in [1.807, 2.05) is 74.0 Å². The molecule has 0 spiro atoms. The first-order valence-corrected chi connectivity index (χ1v) is 15.0. The summed E-state index contributed by atoms with van der Waals surface area (Å²) in [5.41, 5.74) is 4.62. The Labute approximate surface area is 261 Å². The molecule has 3 amide bonds. The Morgan fingerprint density at radius 1 is 1.12 bits per heavy atom. The number of urea groups is 1. The molecule has 5 rings (SSSR count). The molecule has 10 heteroatoms. The lowest BCUT2D eigenvalue weighted by Crippen LogP contribution is -2.48. The molecule has 43 heavy (non-hydrogen) atoms. The maximum atomic E-state index is 14.5. The number of benzene rings is 3. The number of carbonyl (C=O) groups is 2. The molecule has 1 aliphatic rings. The van der Waals surface area contributed by atoms with Crippen molar-refractivity contribution >= 4 is 51.7 Å². The topological polar surface area (TPSA) is 87.0 Å². The normalized spacial score (nSPS) is 18.0. The third-order valence-corrected chi connectivity index (χ3v) is 9.04. The smallest absolute Gasteiger partial charge is 0.321 e. The number of aliphatic hydroxyl groups is 1. The predicted octanol–water partition coefficient (Wildman–Crippen LogP) is 6.67. The van der Waals surface area contributed by atoms with E-state index >= 15 is 0 Å². The van der Waals surface area contributed by atoms with Gasteiger partial charge in [0.2, 0.25) is 0 Å². The molecular formula is C33H36Cl2N4O4. The molecule has 0 saturated carbocycles. The number of nitrogens with one attached hydrogen (secondary N) is 1. The summed E-state index contributed by atoms with van der Waals surface area (Å²) in [6.45, 7) is 4.50. The Morgan fingerprint density at radius 2 is 1.84 bits per heavy atom. The zero-order chi connectivity index (χ0) is 30.8. The van der Waals surface area contributed by atoms with E-state index in [9.17, 15) is 14.7 Å². The number of likely N-dealkylation sites (N-methyl/N-ethyl adjacent to an activating group) is 1. The summed E-state index contributed by atoms with van der Waals surface area (Å²) in [4.78, 5) is 30.9. The van der Waals surface area contributed by atoms with Gasteiger partial charge in [0, 0.05) is 49.6 Å². The Morgan fingerprint density at radius 3 is 2.60 bits per heavy atom. The number of amides is 3. The number of hydrogen-bond donors (Lipinski definition) is 2. The Balaban J connectivity index is 1.53. The van der Waals surface area contributed by atoms with Gasteiger partial charge in [0.05, 0.1) is 41.1 Å². The quantitative estimate of drug-likeness (QED) is 0.260. The molecule has 3 aromatic carbocycles. The minimum atomic E-state index is -0.441. The fourth-order valence-electron chi connectivity index (χ4n) is 5.69. The first-order chi connectivity index (χ1) is 20.6. The van der Waals surface area contributed by atoms with E-state index in [2.05, 4.69) is 5.32 Å². The largest absolute Gasteiger partial charge is 0.394 e. The molecular weight excluding hydrogens is 587 g/mol. The van der Waals surface area contributed by atoms with Gasteiger partial charge in [-0.1, -0.05) is 78.7 Å². The van der Waals surface area contributed by atoms with E-state index in [0.29, 0.717) is 22.9 Å². The van der Waals surface area contributed by atoms with Gasteiger partial charge in [-0.05, 0) is 36.2 Å². The Kier molecular flexibility index (Phi) is 9.32. The van der Waals surface area contributed by atoms with Crippen LogP contribution < -0.4 is 5.32 Å². The van der Waals surface area contributed by atoms with Crippen LogP contribution in [0, 0.1) is 5.92 Å². The summed E-state index contributed by atoms with van der Waals surface area (Å²) in [5, 5.41) is 14.6. The van der Waals surface area contributed by atoms with Crippen molar-refractivity contribution in [3.8, 4) is 11.1 Å². The first-order valence-electron chi connectivity index (χ1n) is 14.3. The fraction of sp³-hybridized carbons (Fsp3) is 0.333. The van der Waals surface area contributed by atoms with Crippen molar-refractivity contribution in [1.82, 2.24) is 14.4 Å². The number of aromatic nitrogens is 1. The van der Waals surface area contributed by atoms with E-state index in [1.54, 1.807) is 30.1 Å². The van der Waals surface area contributed by atoms with Crippen LogP contribution in [-0.2, 0) is 18.4 Å². The maximum absolute atomic E-state index is 14.5. The number of aliphatic hydroxyl groups excluding tert-OH is 1. The molecule has 0 radical (unpaired) electrons. The van der Waals surface area contributed by atoms with E-state index in [-0.39, 0.29) is 42.6 Å². The maximum Gasteiger partial charge on any atom is 0.321 e. The molecule has 1 aliphatic heterocycles. The van der Waals surface area contributed by atoms with E-state index in [1.165, 1.54) is 4.90 Å². The highest BCUT2D eigenvalue weighted by molar-refractivity contribution is 6.44. The highest BCUT2D eigenvalue weighted by Crippen LogP contribution is 2.38. The van der Waals surface area contributed by atoms with Gasteiger partial charge in [-0.15, -0.1) is 0 Å². The number of aryl methyl sites for hydroxylation is 1. The number of para-hydroxylation sites is 1. The van der Waals surface area contributed by atoms with Crippen LogP contribution in [0.1, 0.15) is 29.9 Å². The second-order valence-corrected chi connectivity index (χ2v) is 12.0. The van der Waals surface area contributed by atoms with Crippen LogP contribution in [0.2, 0.25) is 10.0 Å². The SMILES string of the molecule is C[C@@H]1CN([C@H](C)CO)C(=O)c2c(c3ccccc3n2C)-c2ccccc2CO[C@H]1CN(C)C(=O)Nc1cccc(Cl)c1Cl. The van der Waals surface area contributed by atoms with Crippen molar-refractivity contribution in [3.63, 3.8) is 0 Å². The van der Waals surface area contributed by atoms with Crippen LogP contribution >= 0.6 is 23.2 Å². The summed E-state index contributed by atoms with van der Waals surface area (Å²) in [7, 11) is 3.59. The number of hydrogen-bond acceptors (Lipinski definition) is 4. The van der Waals surface area contributed by atoms with Crippen molar-refractivity contribution in [2.24, 2.45) is 13.0 Å². The monoisotopic (exact) mass is 622 g/mol. The van der Waals surface area contributed by atoms with Crippen LogP contribution in [-0.4, -0.2) is 70.3 Å². The zero-order valence-electron chi connectivity index (χ0n) is 24.7.